The van der Waals surface area contributed by atoms with E-state index in [2.05, 4.69) is 35.6 Å². The van der Waals surface area contributed by atoms with E-state index in [-0.39, 0.29) is 0 Å². The summed E-state index contributed by atoms with van der Waals surface area (Å²) in [6.45, 7) is 8.59. The first-order chi connectivity index (χ1) is 10.1. The van der Waals surface area contributed by atoms with E-state index in [1.807, 2.05) is 12.4 Å². The minimum Gasteiger partial charge on any atom is -0.383 e. The van der Waals surface area contributed by atoms with E-state index in [9.17, 15) is 0 Å². The molecular formula is C17H31N3O. The van der Waals surface area contributed by atoms with E-state index >= 15 is 0 Å². The van der Waals surface area contributed by atoms with E-state index in [1.165, 1.54) is 32.1 Å². The van der Waals surface area contributed by atoms with Gasteiger partial charge in [-0.1, -0.05) is 26.7 Å². The van der Waals surface area contributed by atoms with Gasteiger partial charge in [0.15, 0.2) is 0 Å². The Morgan fingerprint density at radius 2 is 2.05 bits per heavy atom. The van der Waals surface area contributed by atoms with Crippen LogP contribution in [0.25, 0.3) is 0 Å². The van der Waals surface area contributed by atoms with E-state index < -0.39 is 0 Å². The van der Waals surface area contributed by atoms with Gasteiger partial charge in [-0.05, 0) is 37.5 Å². The van der Waals surface area contributed by atoms with Gasteiger partial charge < -0.3 is 14.6 Å². The van der Waals surface area contributed by atoms with Gasteiger partial charge in [0.25, 0.3) is 0 Å². The lowest BCUT2D eigenvalue weighted by molar-refractivity contribution is 0.163. The number of ether oxygens (including phenoxy) is 1. The molecule has 1 fully saturated rings. The molecule has 0 aliphatic heterocycles. The highest BCUT2D eigenvalue weighted by Crippen LogP contribution is 2.43. The third-order valence-corrected chi connectivity index (χ3v) is 4.68. The first-order valence-corrected chi connectivity index (χ1v) is 8.32. The third-order valence-electron chi connectivity index (χ3n) is 4.68. The molecule has 1 saturated carbocycles. The van der Waals surface area contributed by atoms with Gasteiger partial charge in [0.2, 0.25) is 5.95 Å². The molecule has 120 valence electrons. The Kier molecular flexibility index (Phi) is 5.68. The molecule has 0 radical (unpaired) electrons. The van der Waals surface area contributed by atoms with Crippen LogP contribution >= 0.6 is 0 Å². The second-order valence-corrected chi connectivity index (χ2v) is 7.12. The number of anilines is 1. The predicted octanol–water partition coefficient (Wildman–Crippen LogP) is 4.11. The van der Waals surface area contributed by atoms with Gasteiger partial charge in [-0.3, -0.25) is 0 Å². The SMILES string of the molecule is COCC(C)n1ccnc1NCC1(CC(C)C)CCCC1. The third kappa shape index (κ3) is 4.22. The molecule has 0 saturated heterocycles. The maximum Gasteiger partial charge on any atom is 0.203 e. The zero-order chi connectivity index (χ0) is 15.3. The molecule has 1 N–H and O–H groups in total. The Morgan fingerprint density at radius 1 is 1.33 bits per heavy atom. The number of nitrogens with one attached hydrogen (secondary N) is 1. The summed E-state index contributed by atoms with van der Waals surface area (Å²) in [6.07, 6.45) is 10.7. The lowest BCUT2D eigenvalue weighted by Gasteiger charge is -2.31. The van der Waals surface area contributed by atoms with E-state index in [1.54, 1.807) is 7.11 Å². The van der Waals surface area contributed by atoms with Crippen LogP contribution in [0.5, 0.6) is 0 Å². The van der Waals surface area contributed by atoms with Crippen molar-refractivity contribution in [2.24, 2.45) is 11.3 Å². The summed E-state index contributed by atoms with van der Waals surface area (Å²) < 4.78 is 7.44. The van der Waals surface area contributed by atoms with Gasteiger partial charge in [0, 0.05) is 26.0 Å². The first kappa shape index (κ1) is 16.3. The van der Waals surface area contributed by atoms with Gasteiger partial charge in [-0.2, -0.15) is 0 Å². The molecule has 21 heavy (non-hydrogen) atoms. The molecule has 1 aliphatic rings. The number of hydrogen-bond acceptors (Lipinski definition) is 3. The van der Waals surface area contributed by atoms with Gasteiger partial charge in [0.05, 0.1) is 12.6 Å². The molecule has 4 nitrogen and oxygen atoms in total. The van der Waals surface area contributed by atoms with Crippen molar-refractivity contribution in [1.82, 2.24) is 9.55 Å². The predicted molar refractivity (Wildman–Crippen MR) is 87.7 cm³/mol. The lowest BCUT2D eigenvalue weighted by Crippen LogP contribution is -2.29. The largest absolute Gasteiger partial charge is 0.383 e. The fraction of sp³-hybridized carbons (Fsp3) is 0.824. The molecule has 0 spiro atoms. The molecule has 1 aromatic rings. The smallest absolute Gasteiger partial charge is 0.203 e. The maximum atomic E-state index is 5.26. The van der Waals surface area contributed by atoms with Crippen molar-refractivity contribution in [3.05, 3.63) is 12.4 Å². The quantitative estimate of drug-likeness (QED) is 0.784. The summed E-state index contributed by atoms with van der Waals surface area (Å²) in [7, 11) is 1.75. The van der Waals surface area contributed by atoms with Gasteiger partial charge in [-0.25, -0.2) is 4.98 Å². The monoisotopic (exact) mass is 293 g/mol. The molecular weight excluding hydrogens is 262 g/mol. The molecule has 2 rings (SSSR count). The Balaban J connectivity index is 2.00. The molecule has 0 aromatic carbocycles. The standard InChI is InChI=1S/C17H31N3O/c1-14(2)11-17(7-5-6-8-17)13-19-16-18-9-10-20(16)15(3)12-21-4/h9-10,14-15H,5-8,11-13H2,1-4H3,(H,18,19). The molecule has 4 heteroatoms. The van der Waals surface area contributed by atoms with Crippen LogP contribution in [0.3, 0.4) is 0 Å². The Hall–Kier alpha value is -1.03. The average molecular weight is 293 g/mol. The van der Waals surface area contributed by atoms with Crippen LogP contribution in [0.15, 0.2) is 12.4 Å². The van der Waals surface area contributed by atoms with Crippen molar-refractivity contribution >= 4 is 5.95 Å². The molecule has 0 bridgehead atoms. The van der Waals surface area contributed by atoms with Crippen LogP contribution in [0.1, 0.15) is 58.9 Å². The minimum atomic E-state index is 0.310. The number of nitrogens with zero attached hydrogens (tertiary/aromatic N) is 2. The van der Waals surface area contributed by atoms with Crippen LogP contribution in [0.2, 0.25) is 0 Å². The van der Waals surface area contributed by atoms with Crippen LogP contribution in [-0.2, 0) is 4.74 Å². The van der Waals surface area contributed by atoms with Crippen LogP contribution in [0.4, 0.5) is 5.95 Å². The van der Waals surface area contributed by atoms with Crippen molar-refractivity contribution in [1.29, 1.82) is 0 Å². The number of rotatable bonds is 8. The second kappa shape index (κ2) is 7.30. The average Bonchev–Trinajstić information content (AvgIpc) is 3.05. The Bertz CT molecular complexity index is 421. The van der Waals surface area contributed by atoms with Gasteiger partial charge >= 0.3 is 0 Å². The normalized spacial score (nSPS) is 19.1. The Labute approximate surface area is 129 Å². The van der Waals surface area contributed by atoms with Crippen molar-refractivity contribution < 1.29 is 4.74 Å². The molecule has 0 amide bonds. The molecule has 1 atom stereocenters. The highest BCUT2D eigenvalue weighted by atomic mass is 16.5. The van der Waals surface area contributed by atoms with E-state index in [0.29, 0.717) is 18.1 Å². The summed E-state index contributed by atoms with van der Waals surface area (Å²) in [4.78, 5) is 4.49. The van der Waals surface area contributed by atoms with Gasteiger partial charge in [-0.15, -0.1) is 0 Å². The van der Waals surface area contributed by atoms with Crippen molar-refractivity contribution in [3.8, 4) is 0 Å². The topological polar surface area (TPSA) is 39.1 Å². The highest BCUT2D eigenvalue weighted by molar-refractivity contribution is 5.27. The maximum absolute atomic E-state index is 5.26. The first-order valence-electron chi connectivity index (χ1n) is 8.32. The van der Waals surface area contributed by atoms with Gasteiger partial charge in [0.1, 0.15) is 0 Å². The fourth-order valence-corrected chi connectivity index (χ4v) is 3.84. The van der Waals surface area contributed by atoms with Crippen LogP contribution < -0.4 is 5.32 Å². The number of methoxy groups -OCH3 is 1. The molecule has 1 aliphatic carbocycles. The highest BCUT2D eigenvalue weighted by Gasteiger charge is 2.34. The lowest BCUT2D eigenvalue weighted by atomic mass is 9.78. The van der Waals surface area contributed by atoms with Crippen molar-refractivity contribution in [2.45, 2.75) is 58.9 Å². The second-order valence-electron chi connectivity index (χ2n) is 7.12. The van der Waals surface area contributed by atoms with Crippen LogP contribution in [-0.4, -0.2) is 29.8 Å². The zero-order valence-electron chi connectivity index (χ0n) is 14.1. The number of aromatic nitrogens is 2. The summed E-state index contributed by atoms with van der Waals surface area (Å²) in [6, 6.07) is 0.310. The molecule has 1 unspecified atom stereocenters. The molecule has 1 heterocycles. The summed E-state index contributed by atoms with van der Waals surface area (Å²) >= 11 is 0. The summed E-state index contributed by atoms with van der Waals surface area (Å²) in [5.41, 5.74) is 0.468. The minimum absolute atomic E-state index is 0.310. The Morgan fingerprint density at radius 3 is 2.67 bits per heavy atom. The van der Waals surface area contributed by atoms with Crippen molar-refractivity contribution in [3.63, 3.8) is 0 Å². The van der Waals surface area contributed by atoms with Crippen LogP contribution in [0, 0.1) is 11.3 Å². The molecule has 1 aromatic heterocycles. The summed E-state index contributed by atoms with van der Waals surface area (Å²) in [5.74, 6) is 1.74. The number of imidazole rings is 1. The zero-order valence-corrected chi connectivity index (χ0v) is 14.1. The number of hydrogen-bond donors (Lipinski definition) is 1. The van der Waals surface area contributed by atoms with Crippen molar-refractivity contribution in [2.75, 3.05) is 25.6 Å². The summed E-state index contributed by atoms with van der Waals surface area (Å²) in [5, 5.41) is 3.62. The van der Waals surface area contributed by atoms with E-state index in [4.69, 9.17) is 4.74 Å². The van der Waals surface area contributed by atoms with E-state index in [0.717, 1.165) is 18.4 Å². The fourth-order valence-electron chi connectivity index (χ4n) is 3.84.